The zero-order valence-electron chi connectivity index (χ0n) is 35.2. The summed E-state index contributed by atoms with van der Waals surface area (Å²) in [6.07, 6.45) is 7.67. The zero-order chi connectivity index (χ0) is 39.5. The topological polar surface area (TPSA) is 27.7 Å². The van der Waals surface area contributed by atoms with E-state index in [2.05, 4.69) is 173 Å². The molecule has 0 spiro atoms. The molecule has 3 heterocycles. The molecule has 7 aromatic rings. The van der Waals surface area contributed by atoms with Gasteiger partial charge in [0.05, 0.1) is 0 Å². The molecule has 4 aliphatic rings. The van der Waals surface area contributed by atoms with Crippen molar-refractivity contribution < 1.29 is 49.8 Å². The van der Waals surface area contributed by atoms with Crippen molar-refractivity contribution in [2.45, 2.75) is 83.0 Å². The smallest absolute Gasteiger partial charge is 0.381 e. The molecule has 3 nitrogen and oxygen atoms in total. The van der Waals surface area contributed by atoms with Crippen LogP contribution in [0.3, 0.4) is 0 Å². The first-order chi connectivity index (χ1) is 27.9. The third kappa shape index (κ3) is 10.1. The van der Waals surface area contributed by atoms with Crippen LogP contribution in [0.25, 0.3) is 32.7 Å². The van der Waals surface area contributed by atoms with Crippen LogP contribution in [-0.4, -0.2) is 39.6 Å². The van der Waals surface area contributed by atoms with Gasteiger partial charge in [-0.3, -0.25) is 0 Å². The van der Waals surface area contributed by atoms with E-state index in [0.717, 1.165) is 39.6 Å². The quantitative estimate of drug-likeness (QED) is 0.165. The largest absolute Gasteiger partial charge is 3.00 e. The SMILES string of the molecule is C1CCOC1.C1CCOC1.C1CCOC1.CC(C)([c-]1cccc1)[c-]1c2ccccc2c2ccccc21.CC(C)(c1ccc[cH-]1)C1c2ccccc2-c2ccccc21.[La+3]. The van der Waals surface area contributed by atoms with Crippen LogP contribution in [0.1, 0.15) is 100.0 Å². The van der Waals surface area contributed by atoms with Gasteiger partial charge in [-0.1, -0.05) is 118 Å². The Morgan fingerprint density at radius 2 is 0.914 bits per heavy atom. The van der Waals surface area contributed by atoms with Gasteiger partial charge in [0.1, 0.15) is 0 Å². The van der Waals surface area contributed by atoms with Crippen molar-refractivity contribution in [1.29, 1.82) is 0 Å². The van der Waals surface area contributed by atoms with Crippen LogP contribution in [0, 0.1) is 35.6 Å². The van der Waals surface area contributed by atoms with Crippen LogP contribution < -0.4 is 0 Å². The summed E-state index contributed by atoms with van der Waals surface area (Å²) in [5.41, 5.74) is 10.1. The summed E-state index contributed by atoms with van der Waals surface area (Å²) < 4.78 is 14.8. The molecule has 0 amide bonds. The Bertz CT molecular complexity index is 2100. The van der Waals surface area contributed by atoms with Crippen LogP contribution >= 0.6 is 0 Å². The van der Waals surface area contributed by atoms with E-state index in [-0.39, 0.29) is 46.4 Å². The summed E-state index contributed by atoms with van der Waals surface area (Å²) in [5, 5.41) is 5.49. The molecule has 0 atom stereocenters. The predicted octanol–water partition coefficient (Wildman–Crippen LogP) is 13.6. The maximum atomic E-state index is 4.94. The summed E-state index contributed by atoms with van der Waals surface area (Å²) in [6, 6.07) is 52.8. The first-order valence-corrected chi connectivity index (χ1v) is 21.3. The summed E-state index contributed by atoms with van der Waals surface area (Å²) in [4.78, 5) is 0. The first-order valence-electron chi connectivity index (χ1n) is 21.3. The van der Waals surface area contributed by atoms with Gasteiger partial charge in [-0.25, -0.2) is 24.3 Å². The molecule has 11 rings (SSSR count). The van der Waals surface area contributed by atoms with Gasteiger partial charge in [0, 0.05) is 45.6 Å². The maximum absolute atomic E-state index is 4.94. The molecule has 3 aliphatic heterocycles. The van der Waals surface area contributed by atoms with Crippen molar-refractivity contribution in [2.75, 3.05) is 39.6 Å². The molecule has 1 aliphatic carbocycles. The Labute approximate surface area is 375 Å². The third-order valence-corrected chi connectivity index (χ3v) is 12.1. The standard InChI is InChI=1S/C21H19.C21H18.3C4H8O.La/c2*1-21(2,15-9-3-4-10-15)20-18-13-7-5-11-16(18)17-12-6-8-14-19(17)20;3*1-2-4-5-3-1;/h3-14,20H,1-2H3;3-14H,1-2H3;3*1-4H2;/q-1;-2;;;;+3. The number of hydrogen-bond acceptors (Lipinski definition) is 3. The van der Waals surface area contributed by atoms with E-state index in [9.17, 15) is 0 Å². The van der Waals surface area contributed by atoms with E-state index in [1.165, 1.54) is 99.0 Å². The molecule has 3 saturated heterocycles. The summed E-state index contributed by atoms with van der Waals surface area (Å²) in [5.74, 6) is 0.423. The molecule has 0 radical (unpaired) electrons. The summed E-state index contributed by atoms with van der Waals surface area (Å²) in [6.45, 7) is 15.4. The van der Waals surface area contributed by atoms with Gasteiger partial charge >= 0.3 is 35.6 Å². The molecule has 58 heavy (non-hydrogen) atoms. The number of rotatable bonds is 4. The second kappa shape index (κ2) is 21.2. The average Bonchev–Trinajstić information content (AvgIpc) is 4.11. The normalized spacial score (nSPS) is 15.7. The minimum absolute atomic E-state index is 0. The Balaban J connectivity index is 0.000000142. The predicted molar refractivity (Wildman–Crippen MR) is 240 cm³/mol. The van der Waals surface area contributed by atoms with Crippen LogP contribution in [0.2, 0.25) is 0 Å². The first kappa shape index (κ1) is 44.1. The minimum Gasteiger partial charge on any atom is -0.381 e. The molecule has 0 N–H and O–H groups in total. The van der Waals surface area contributed by atoms with Crippen molar-refractivity contribution in [1.82, 2.24) is 0 Å². The second-order valence-electron chi connectivity index (χ2n) is 16.7. The second-order valence-corrected chi connectivity index (χ2v) is 16.7. The van der Waals surface area contributed by atoms with E-state index in [0.29, 0.717) is 5.92 Å². The fraction of sp³-hybridized carbons (Fsp3) is 0.352. The Hall–Kier alpha value is -3.48. The number of hydrogen-bond donors (Lipinski definition) is 0. The van der Waals surface area contributed by atoms with E-state index >= 15 is 0 Å². The number of ether oxygens (including phenoxy) is 3. The maximum Gasteiger partial charge on any atom is 3.00 e. The molecule has 7 aromatic carbocycles. The van der Waals surface area contributed by atoms with Gasteiger partial charge in [-0.15, -0.1) is 39.2 Å². The van der Waals surface area contributed by atoms with Gasteiger partial charge in [0.15, 0.2) is 0 Å². The Kier molecular flexibility index (Phi) is 16.1. The fourth-order valence-corrected chi connectivity index (χ4v) is 9.06. The average molecular weight is 897 g/mol. The van der Waals surface area contributed by atoms with Crippen molar-refractivity contribution in [3.05, 3.63) is 173 Å². The zero-order valence-corrected chi connectivity index (χ0v) is 38.8. The molecule has 0 bridgehead atoms. The van der Waals surface area contributed by atoms with Crippen molar-refractivity contribution >= 4 is 21.5 Å². The van der Waals surface area contributed by atoms with E-state index in [1.54, 1.807) is 0 Å². The minimum atomic E-state index is 0. The van der Waals surface area contributed by atoms with Gasteiger partial charge < -0.3 is 14.2 Å². The van der Waals surface area contributed by atoms with Gasteiger partial charge in [0.25, 0.3) is 0 Å². The van der Waals surface area contributed by atoms with Crippen LogP contribution in [-0.2, 0) is 25.0 Å². The van der Waals surface area contributed by atoms with E-state index in [1.807, 2.05) is 0 Å². The Morgan fingerprint density at radius 1 is 0.500 bits per heavy atom. The van der Waals surface area contributed by atoms with E-state index < -0.39 is 0 Å². The van der Waals surface area contributed by atoms with Crippen LogP contribution in [0.15, 0.2) is 146 Å². The van der Waals surface area contributed by atoms with Crippen LogP contribution in [0.4, 0.5) is 0 Å². The molecular formula is C54H61LaO3. The van der Waals surface area contributed by atoms with Crippen molar-refractivity contribution in [3.8, 4) is 11.1 Å². The van der Waals surface area contributed by atoms with Crippen LogP contribution in [0.5, 0.6) is 0 Å². The van der Waals surface area contributed by atoms with Crippen molar-refractivity contribution in [2.24, 2.45) is 0 Å². The van der Waals surface area contributed by atoms with Gasteiger partial charge in [-0.05, 0) is 66.2 Å². The molecule has 0 saturated carbocycles. The molecular weight excluding hydrogens is 835 g/mol. The van der Waals surface area contributed by atoms with E-state index in [4.69, 9.17) is 14.2 Å². The van der Waals surface area contributed by atoms with Gasteiger partial charge in [0.2, 0.25) is 0 Å². The summed E-state index contributed by atoms with van der Waals surface area (Å²) in [7, 11) is 0. The number of fused-ring (bicyclic) bond motifs is 6. The third-order valence-electron chi connectivity index (χ3n) is 12.1. The molecule has 4 heteroatoms. The monoisotopic (exact) mass is 896 g/mol. The molecule has 0 unspecified atom stereocenters. The Morgan fingerprint density at radius 3 is 1.31 bits per heavy atom. The molecule has 0 aromatic heterocycles. The molecule has 3 fully saturated rings. The van der Waals surface area contributed by atoms with Crippen molar-refractivity contribution in [3.63, 3.8) is 0 Å². The number of benzene rings is 4. The summed E-state index contributed by atoms with van der Waals surface area (Å²) >= 11 is 0. The fourth-order valence-electron chi connectivity index (χ4n) is 9.06. The van der Waals surface area contributed by atoms with Gasteiger partial charge in [-0.2, -0.15) is 35.4 Å². The molecule has 298 valence electrons.